The van der Waals surface area contributed by atoms with Crippen LogP contribution >= 0.6 is 0 Å². The summed E-state index contributed by atoms with van der Waals surface area (Å²) in [4.78, 5) is -1.27. The molecule has 0 spiro atoms. The molecular formula is C15H15F4NO4S. The normalized spacial score (nSPS) is 28.6. The van der Waals surface area contributed by atoms with Crippen LogP contribution in [-0.4, -0.2) is 37.9 Å². The van der Waals surface area contributed by atoms with E-state index in [4.69, 9.17) is 10.00 Å². The molecule has 0 radical (unpaired) electrons. The van der Waals surface area contributed by atoms with E-state index in [0.29, 0.717) is 12.8 Å². The third kappa shape index (κ3) is 2.95. The Morgan fingerprint density at radius 3 is 2.40 bits per heavy atom. The lowest BCUT2D eigenvalue weighted by atomic mass is 10.0. The number of rotatable bonds is 5. The summed E-state index contributed by atoms with van der Waals surface area (Å²) >= 11 is 0. The SMILES string of the molecule is C=C1/C(=C(\C(=C/C)OCC2(C#N)CC2)C(F)F)C(O)C(F)(F)S1(=O)=O. The summed E-state index contributed by atoms with van der Waals surface area (Å²) in [5.41, 5.74) is -3.17. The summed E-state index contributed by atoms with van der Waals surface area (Å²) in [6.45, 7) is 3.96. The molecule has 1 N–H and O–H groups in total. The van der Waals surface area contributed by atoms with Crippen LogP contribution in [0.4, 0.5) is 17.6 Å². The Balaban J connectivity index is 2.51. The van der Waals surface area contributed by atoms with Gasteiger partial charge in [-0.1, -0.05) is 6.58 Å². The van der Waals surface area contributed by atoms with Crippen LogP contribution in [0, 0.1) is 16.7 Å². The van der Waals surface area contributed by atoms with Gasteiger partial charge in [0.25, 0.3) is 6.43 Å². The van der Waals surface area contributed by atoms with Crippen molar-refractivity contribution in [2.75, 3.05) is 6.61 Å². The molecule has 10 heteroatoms. The van der Waals surface area contributed by atoms with Crippen LogP contribution in [0.25, 0.3) is 0 Å². The minimum absolute atomic E-state index is 0.252. The molecular weight excluding hydrogens is 366 g/mol. The van der Waals surface area contributed by atoms with Gasteiger partial charge in [0.05, 0.1) is 22.0 Å². The van der Waals surface area contributed by atoms with Crippen molar-refractivity contribution in [3.8, 4) is 6.07 Å². The first-order valence-electron chi connectivity index (χ1n) is 7.18. The topological polar surface area (TPSA) is 87.4 Å². The Bertz CT molecular complexity index is 804. The van der Waals surface area contributed by atoms with Crippen molar-refractivity contribution in [1.29, 1.82) is 5.26 Å². The van der Waals surface area contributed by atoms with Gasteiger partial charge in [0.15, 0.2) is 6.10 Å². The summed E-state index contributed by atoms with van der Waals surface area (Å²) in [6.07, 6.45) is -4.36. The number of halogens is 4. The number of aliphatic hydroxyl groups is 1. The number of hydrogen-bond donors (Lipinski definition) is 1. The number of aliphatic hydroxyl groups excluding tert-OH is 1. The van der Waals surface area contributed by atoms with E-state index >= 15 is 0 Å². The average Bonchev–Trinajstić information content (AvgIpc) is 3.30. The van der Waals surface area contributed by atoms with E-state index in [1.54, 1.807) is 0 Å². The van der Waals surface area contributed by atoms with Crippen LogP contribution in [-0.2, 0) is 14.6 Å². The maximum absolute atomic E-state index is 13.8. The van der Waals surface area contributed by atoms with Crippen molar-refractivity contribution < 1.29 is 35.8 Å². The van der Waals surface area contributed by atoms with Crippen molar-refractivity contribution in [1.82, 2.24) is 0 Å². The minimum atomic E-state index is -5.36. The Labute approximate surface area is 141 Å². The van der Waals surface area contributed by atoms with Crippen LogP contribution in [0.15, 0.2) is 34.5 Å². The predicted octanol–water partition coefficient (Wildman–Crippen LogP) is 2.67. The second-order valence-corrected chi connectivity index (χ2v) is 7.90. The van der Waals surface area contributed by atoms with Gasteiger partial charge in [-0.2, -0.15) is 14.0 Å². The van der Waals surface area contributed by atoms with Crippen molar-refractivity contribution in [3.05, 3.63) is 34.5 Å². The summed E-state index contributed by atoms with van der Waals surface area (Å²) in [5.74, 6) is -0.570. The van der Waals surface area contributed by atoms with Gasteiger partial charge >= 0.3 is 5.25 Å². The number of ether oxygens (including phenoxy) is 1. The van der Waals surface area contributed by atoms with Gasteiger partial charge < -0.3 is 9.84 Å². The monoisotopic (exact) mass is 381 g/mol. The summed E-state index contributed by atoms with van der Waals surface area (Å²) in [6, 6.07) is 1.97. The van der Waals surface area contributed by atoms with Gasteiger partial charge in [0, 0.05) is 5.57 Å². The molecule has 25 heavy (non-hydrogen) atoms. The van der Waals surface area contributed by atoms with E-state index in [1.807, 2.05) is 6.07 Å². The summed E-state index contributed by atoms with van der Waals surface area (Å²) < 4.78 is 83.1. The molecule has 138 valence electrons. The Hall–Kier alpha value is -1.86. The molecule has 2 fully saturated rings. The minimum Gasteiger partial charge on any atom is -0.492 e. The van der Waals surface area contributed by atoms with Crippen LogP contribution < -0.4 is 0 Å². The number of allylic oxidation sites excluding steroid dienone is 2. The van der Waals surface area contributed by atoms with Gasteiger partial charge in [-0.15, -0.1) is 0 Å². The maximum Gasteiger partial charge on any atom is 0.379 e. The van der Waals surface area contributed by atoms with Crippen LogP contribution in [0.5, 0.6) is 0 Å². The molecule has 5 nitrogen and oxygen atoms in total. The number of sulfone groups is 1. The molecule has 0 bridgehead atoms. The fourth-order valence-corrected chi connectivity index (χ4v) is 3.65. The largest absolute Gasteiger partial charge is 0.492 e. The smallest absolute Gasteiger partial charge is 0.379 e. The summed E-state index contributed by atoms with van der Waals surface area (Å²) in [5, 5.41) is 14.0. The number of hydrogen-bond acceptors (Lipinski definition) is 5. The molecule has 0 amide bonds. The zero-order valence-electron chi connectivity index (χ0n) is 13.1. The summed E-state index contributed by atoms with van der Waals surface area (Å²) in [7, 11) is -5.36. The van der Waals surface area contributed by atoms with Gasteiger partial charge in [0.2, 0.25) is 9.84 Å². The van der Waals surface area contributed by atoms with Crippen LogP contribution in [0.3, 0.4) is 0 Å². The lowest BCUT2D eigenvalue weighted by molar-refractivity contribution is -0.0147. The molecule has 0 aromatic heterocycles. The van der Waals surface area contributed by atoms with Crippen molar-refractivity contribution in [2.45, 2.75) is 37.5 Å². The molecule has 1 saturated carbocycles. The number of alkyl halides is 4. The highest BCUT2D eigenvalue weighted by Crippen LogP contribution is 2.49. The van der Waals surface area contributed by atoms with Gasteiger partial charge in [-0.25, -0.2) is 17.2 Å². The second-order valence-electron chi connectivity index (χ2n) is 5.85. The maximum atomic E-state index is 13.8. The standard InChI is InChI=1S/C15H15F4NO4S/c1-3-9(24-7-14(6-20)4-5-14)11(13(16)17)10-8(2)25(22,23)15(18,19)12(10)21/h3,12-13,21H,2,4-5,7H2,1H3/b9-3+,11-10-. The Morgan fingerprint density at radius 2 is 2.08 bits per heavy atom. The highest BCUT2D eigenvalue weighted by atomic mass is 32.2. The van der Waals surface area contributed by atoms with Gasteiger partial charge in [0.1, 0.15) is 12.4 Å². The molecule has 1 saturated heterocycles. The highest BCUT2D eigenvalue weighted by Gasteiger charge is 2.63. The fourth-order valence-electron chi connectivity index (χ4n) is 2.40. The lowest BCUT2D eigenvalue weighted by Gasteiger charge is -2.19. The molecule has 1 aliphatic heterocycles. The van der Waals surface area contributed by atoms with E-state index in [1.165, 1.54) is 6.92 Å². The first-order chi connectivity index (χ1) is 11.4. The predicted molar refractivity (Wildman–Crippen MR) is 79.0 cm³/mol. The Kier molecular flexibility index (Phi) is 4.78. The highest BCUT2D eigenvalue weighted by molar-refractivity contribution is 7.97. The molecule has 2 aliphatic rings. The lowest BCUT2D eigenvalue weighted by Crippen LogP contribution is -2.34. The van der Waals surface area contributed by atoms with Crippen molar-refractivity contribution >= 4 is 9.84 Å². The third-order valence-corrected chi connectivity index (χ3v) is 6.01. The number of nitriles is 1. The van der Waals surface area contributed by atoms with Gasteiger partial charge in [-0.3, -0.25) is 0 Å². The number of nitrogens with zero attached hydrogens (tertiary/aromatic N) is 1. The van der Waals surface area contributed by atoms with E-state index in [2.05, 4.69) is 6.58 Å². The van der Waals surface area contributed by atoms with E-state index < -0.39 is 54.8 Å². The zero-order chi connectivity index (χ0) is 19.2. The molecule has 0 aromatic carbocycles. The molecule has 2 rings (SSSR count). The zero-order valence-corrected chi connectivity index (χ0v) is 13.9. The molecule has 1 aliphatic carbocycles. The van der Waals surface area contributed by atoms with E-state index in [-0.39, 0.29) is 6.61 Å². The van der Waals surface area contributed by atoms with Crippen molar-refractivity contribution in [2.24, 2.45) is 5.41 Å². The average molecular weight is 381 g/mol. The van der Waals surface area contributed by atoms with E-state index in [9.17, 15) is 31.1 Å². The molecule has 1 heterocycles. The third-order valence-electron chi connectivity index (χ3n) is 4.21. The van der Waals surface area contributed by atoms with Crippen molar-refractivity contribution in [3.63, 3.8) is 0 Å². The first-order valence-corrected chi connectivity index (χ1v) is 8.66. The second kappa shape index (κ2) is 6.14. The molecule has 1 atom stereocenters. The quantitative estimate of drug-likeness (QED) is 0.584. The van der Waals surface area contributed by atoms with Crippen LogP contribution in [0.2, 0.25) is 0 Å². The fraction of sp³-hybridized carbons (Fsp3) is 0.533. The molecule has 1 unspecified atom stereocenters. The first kappa shape index (κ1) is 19.5. The molecule has 0 aromatic rings. The van der Waals surface area contributed by atoms with E-state index in [0.717, 1.165) is 6.08 Å². The van der Waals surface area contributed by atoms with Crippen LogP contribution in [0.1, 0.15) is 19.8 Å². The van der Waals surface area contributed by atoms with Gasteiger partial charge in [-0.05, 0) is 25.8 Å². The Morgan fingerprint density at radius 1 is 1.52 bits per heavy atom.